The predicted octanol–water partition coefficient (Wildman–Crippen LogP) is 4.09. The van der Waals surface area contributed by atoms with Gasteiger partial charge in [0.25, 0.3) is 20.1 Å². The van der Waals surface area contributed by atoms with E-state index < -0.39 is 32.0 Å². The average Bonchev–Trinajstić information content (AvgIpc) is 3.18. The molecule has 2 aromatic carbocycles. The Morgan fingerprint density at radius 1 is 0.879 bits per heavy atom. The minimum atomic E-state index is -4.89. The Morgan fingerprint density at radius 2 is 1.39 bits per heavy atom. The molecule has 0 aliphatic rings. The minimum Gasteiger partial charge on any atom is -0.266 e. The topological polar surface area (TPSA) is 95.3 Å². The third-order valence-corrected chi connectivity index (χ3v) is 7.62. The van der Waals surface area contributed by atoms with Crippen LogP contribution in [0, 0.1) is 13.8 Å². The normalized spacial score (nSPS) is 12.8. The van der Waals surface area contributed by atoms with Gasteiger partial charge in [0.2, 0.25) is 0 Å². The van der Waals surface area contributed by atoms with Crippen molar-refractivity contribution >= 4 is 20.1 Å². The van der Waals surface area contributed by atoms with Crippen molar-refractivity contribution in [3.05, 3.63) is 77.1 Å². The van der Waals surface area contributed by atoms with Gasteiger partial charge in [0.1, 0.15) is 0 Å². The number of nitrogens with zero attached hydrogens (tertiary/aromatic N) is 2. The maximum Gasteiger partial charge on any atom is 0.435 e. The summed E-state index contributed by atoms with van der Waals surface area (Å²) in [7, 11) is -8.40. The first-order valence-electron chi connectivity index (χ1n) is 9.75. The van der Waals surface area contributed by atoms with Crippen LogP contribution in [0.15, 0.2) is 64.5 Å². The molecule has 0 radical (unpaired) electrons. The molecule has 0 saturated carbocycles. The lowest BCUT2D eigenvalue weighted by atomic mass is 10.1. The zero-order chi connectivity index (χ0) is 24.4. The van der Waals surface area contributed by atoms with Crippen LogP contribution in [0.3, 0.4) is 0 Å². The fraction of sp³-hybridized carbons (Fsp3) is 0.286. The number of benzene rings is 2. The lowest BCUT2D eigenvalue weighted by Crippen LogP contribution is -2.15. The first kappa shape index (κ1) is 24.9. The van der Waals surface area contributed by atoms with Gasteiger partial charge in [-0.05, 0) is 51.0 Å². The van der Waals surface area contributed by atoms with Crippen molar-refractivity contribution in [2.45, 2.75) is 42.7 Å². The van der Waals surface area contributed by atoms with E-state index in [-0.39, 0.29) is 34.8 Å². The van der Waals surface area contributed by atoms with Crippen molar-refractivity contribution in [2.75, 3.05) is 6.61 Å². The largest absolute Gasteiger partial charge is 0.435 e. The number of alkyl halides is 3. The molecule has 33 heavy (non-hydrogen) atoms. The molecule has 0 unspecified atom stereocenters. The summed E-state index contributed by atoms with van der Waals surface area (Å²) in [5.74, 6) is 0. The van der Waals surface area contributed by atoms with Crippen LogP contribution in [0.1, 0.15) is 28.8 Å². The van der Waals surface area contributed by atoms with Crippen molar-refractivity contribution in [2.24, 2.45) is 0 Å². The number of aromatic nitrogens is 2. The molecule has 0 amide bonds. The molecular weight excluding hydrogens is 481 g/mol. The Balaban J connectivity index is 1.77. The van der Waals surface area contributed by atoms with Gasteiger partial charge in [-0.3, -0.25) is 4.18 Å². The van der Waals surface area contributed by atoms with Gasteiger partial charge in [-0.25, -0.2) is 0 Å². The summed E-state index contributed by atoms with van der Waals surface area (Å²) < 4.78 is 95.4. The first-order valence-corrected chi connectivity index (χ1v) is 12.6. The second kappa shape index (κ2) is 9.27. The summed E-state index contributed by atoms with van der Waals surface area (Å²) in [6, 6.07) is 11.5. The lowest BCUT2D eigenvalue weighted by molar-refractivity contribution is -0.141. The van der Waals surface area contributed by atoms with Crippen molar-refractivity contribution in [1.29, 1.82) is 0 Å². The van der Waals surface area contributed by atoms with Gasteiger partial charge in [-0.2, -0.15) is 39.2 Å². The molecule has 12 heteroatoms. The summed E-state index contributed by atoms with van der Waals surface area (Å²) >= 11 is 0. The Labute approximate surface area is 190 Å². The van der Waals surface area contributed by atoms with Crippen LogP contribution in [0.2, 0.25) is 0 Å². The monoisotopic (exact) mass is 502 g/mol. The molecule has 7 nitrogen and oxygen atoms in total. The van der Waals surface area contributed by atoms with E-state index in [1.807, 2.05) is 0 Å². The first-order chi connectivity index (χ1) is 15.3. The fourth-order valence-electron chi connectivity index (χ4n) is 2.95. The standard InChI is InChI=1S/C21H21F3N2O5S2/c1-15-5-9-18(10-6-15)32(27,28)26-14-17(20(25-26)21(22,23)24)4-3-13-31-33(29,30)19-11-7-16(2)8-12-19/h5-12,14H,3-4,13H2,1-2H3. The predicted molar refractivity (Wildman–Crippen MR) is 114 cm³/mol. The van der Waals surface area contributed by atoms with Gasteiger partial charge in [0.15, 0.2) is 5.69 Å². The Bertz CT molecular complexity index is 1330. The van der Waals surface area contributed by atoms with Gasteiger partial charge >= 0.3 is 6.18 Å². The molecule has 178 valence electrons. The van der Waals surface area contributed by atoms with E-state index in [4.69, 9.17) is 4.18 Å². The average molecular weight is 503 g/mol. The maximum atomic E-state index is 13.5. The Kier molecular flexibility index (Phi) is 7.01. The van der Waals surface area contributed by atoms with E-state index in [0.29, 0.717) is 4.09 Å². The highest BCUT2D eigenvalue weighted by Gasteiger charge is 2.38. The smallest absolute Gasteiger partial charge is 0.266 e. The molecular formula is C21H21F3N2O5S2. The van der Waals surface area contributed by atoms with Crippen LogP contribution >= 0.6 is 0 Å². The lowest BCUT2D eigenvalue weighted by Gasteiger charge is -2.07. The molecule has 0 saturated heterocycles. The minimum absolute atomic E-state index is 0.0684. The zero-order valence-corrected chi connectivity index (χ0v) is 19.3. The molecule has 0 bridgehead atoms. The summed E-state index contributed by atoms with van der Waals surface area (Å²) in [5, 5.41) is 3.28. The summed E-state index contributed by atoms with van der Waals surface area (Å²) in [5.41, 5.74) is -0.0907. The molecule has 0 N–H and O–H groups in total. The quantitative estimate of drug-likeness (QED) is 0.340. The van der Waals surface area contributed by atoms with Gasteiger partial charge in [0.05, 0.1) is 16.4 Å². The fourth-order valence-corrected chi connectivity index (χ4v) is 5.05. The van der Waals surface area contributed by atoms with Gasteiger partial charge in [-0.1, -0.05) is 35.4 Å². The third kappa shape index (κ3) is 5.81. The van der Waals surface area contributed by atoms with E-state index in [2.05, 4.69) is 5.10 Å². The number of aryl methyl sites for hydroxylation is 3. The molecule has 3 aromatic rings. The van der Waals surface area contributed by atoms with E-state index in [9.17, 15) is 30.0 Å². The van der Waals surface area contributed by atoms with Crippen LogP contribution in [0.25, 0.3) is 0 Å². The van der Waals surface area contributed by atoms with Gasteiger partial charge in [-0.15, -0.1) is 0 Å². The SMILES string of the molecule is Cc1ccc(S(=O)(=O)OCCCc2cn(S(=O)(=O)c3ccc(C)cc3)nc2C(F)(F)F)cc1. The third-order valence-electron chi connectivity index (χ3n) is 4.74. The molecule has 0 aliphatic heterocycles. The van der Waals surface area contributed by atoms with E-state index in [1.54, 1.807) is 26.0 Å². The highest BCUT2D eigenvalue weighted by molar-refractivity contribution is 7.89. The number of hydrogen-bond acceptors (Lipinski definition) is 6. The van der Waals surface area contributed by atoms with Gasteiger partial charge in [0, 0.05) is 11.8 Å². The summed E-state index contributed by atoms with van der Waals surface area (Å²) in [6.45, 7) is 3.14. The van der Waals surface area contributed by atoms with E-state index in [0.717, 1.165) is 17.3 Å². The second-order valence-electron chi connectivity index (χ2n) is 7.38. The van der Waals surface area contributed by atoms with Crippen LogP contribution in [0.5, 0.6) is 0 Å². The molecule has 0 fully saturated rings. The van der Waals surface area contributed by atoms with Crippen LogP contribution in [0.4, 0.5) is 13.2 Å². The molecule has 0 atom stereocenters. The Morgan fingerprint density at radius 3 is 1.91 bits per heavy atom. The van der Waals surface area contributed by atoms with Crippen LogP contribution in [-0.4, -0.2) is 32.6 Å². The molecule has 1 aromatic heterocycles. The van der Waals surface area contributed by atoms with Crippen molar-refractivity contribution in [3.63, 3.8) is 0 Å². The Hall–Kier alpha value is -2.70. The van der Waals surface area contributed by atoms with Crippen molar-refractivity contribution in [3.8, 4) is 0 Å². The molecule has 0 aliphatic carbocycles. The van der Waals surface area contributed by atoms with Crippen molar-refractivity contribution < 1.29 is 34.2 Å². The molecule has 3 rings (SSSR count). The van der Waals surface area contributed by atoms with E-state index in [1.165, 1.54) is 36.4 Å². The summed E-state index contributed by atoms with van der Waals surface area (Å²) in [6.07, 6.45) is -4.49. The van der Waals surface area contributed by atoms with E-state index >= 15 is 0 Å². The second-order valence-corrected chi connectivity index (χ2v) is 10.8. The van der Waals surface area contributed by atoms with Gasteiger partial charge < -0.3 is 0 Å². The van der Waals surface area contributed by atoms with Crippen LogP contribution in [-0.2, 0) is 36.9 Å². The zero-order valence-electron chi connectivity index (χ0n) is 17.7. The molecule has 1 heterocycles. The maximum absolute atomic E-state index is 13.5. The molecule has 0 spiro atoms. The number of rotatable bonds is 8. The number of hydrogen-bond donors (Lipinski definition) is 0. The highest BCUT2D eigenvalue weighted by atomic mass is 32.2. The highest BCUT2D eigenvalue weighted by Crippen LogP contribution is 2.32. The van der Waals surface area contributed by atoms with Crippen LogP contribution < -0.4 is 0 Å². The summed E-state index contributed by atoms with van der Waals surface area (Å²) in [4.78, 5) is -0.274. The van der Waals surface area contributed by atoms with Crippen molar-refractivity contribution in [1.82, 2.24) is 9.19 Å². The number of halogens is 3.